The summed E-state index contributed by atoms with van der Waals surface area (Å²) in [5, 5.41) is 5.81. The Balaban J connectivity index is 1.55. The molecule has 2 aromatic heterocycles. The monoisotopic (exact) mass is 437 g/mol. The Kier molecular flexibility index (Phi) is 6.27. The Hall–Kier alpha value is -3.59. The molecule has 0 radical (unpaired) electrons. The van der Waals surface area contributed by atoms with Gasteiger partial charge in [0.2, 0.25) is 0 Å². The van der Waals surface area contributed by atoms with E-state index in [4.69, 9.17) is 4.74 Å². The SMILES string of the molecule is C[C@H](NC(=O)c1cc(C(=O)N[C@H](C)c2ccc(F)cc2)c2n1CCOC2)c1ncccn1. The van der Waals surface area contributed by atoms with Crippen LogP contribution in [0.1, 0.15) is 63.9 Å². The second-order valence-corrected chi connectivity index (χ2v) is 7.64. The molecule has 2 amide bonds. The fourth-order valence-electron chi connectivity index (χ4n) is 3.69. The van der Waals surface area contributed by atoms with Gasteiger partial charge in [-0.1, -0.05) is 12.1 Å². The lowest BCUT2D eigenvalue weighted by Gasteiger charge is -2.20. The summed E-state index contributed by atoms with van der Waals surface area (Å²) in [6.07, 6.45) is 3.23. The fraction of sp³-hybridized carbons (Fsp3) is 0.304. The third-order valence-corrected chi connectivity index (χ3v) is 5.42. The normalized spacial score (nSPS) is 14.8. The largest absolute Gasteiger partial charge is 0.373 e. The Morgan fingerprint density at radius 2 is 1.75 bits per heavy atom. The minimum atomic E-state index is -0.398. The number of fused-ring (bicyclic) bond motifs is 1. The Morgan fingerprint density at radius 1 is 1.06 bits per heavy atom. The molecule has 2 atom stereocenters. The van der Waals surface area contributed by atoms with Gasteiger partial charge in [-0.3, -0.25) is 9.59 Å². The molecular weight excluding hydrogens is 413 g/mol. The number of rotatable bonds is 6. The first-order chi connectivity index (χ1) is 15.4. The van der Waals surface area contributed by atoms with Gasteiger partial charge in [-0.15, -0.1) is 0 Å². The molecule has 0 spiro atoms. The number of aromatic nitrogens is 3. The minimum absolute atomic E-state index is 0.234. The van der Waals surface area contributed by atoms with E-state index in [0.717, 1.165) is 5.56 Å². The summed E-state index contributed by atoms with van der Waals surface area (Å²) in [5.41, 5.74) is 2.19. The average molecular weight is 437 g/mol. The number of benzene rings is 1. The van der Waals surface area contributed by atoms with Gasteiger partial charge in [0.05, 0.1) is 36.6 Å². The predicted molar refractivity (Wildman–Crippen MR) is 114 cm³/mol. The number of hydrogen-bond donors (Lipinski definition) is 2. The van der Waals surface area contributed by atoms with Crippen LogP contribution in [-0.2, 0) is 17.9 Å². The van der Waals surface area contributed by atoms with Crippen molar-refractivity contribution < 1.29 is 18.7 Å². The number of carbonyl (C=O) groups excluding carboxylic acids is 2. The van der Waals surface area contributed by atoms with Gasteiger partial charge in [-0.2, -0.15) is 0 Å². The highest BCUT2D eigenvalue weighted by Crippen LogP contribution is 2.23. The van der Waals surface area contributed by atoms with Gasteiger partial charge in [0.25, 0.3) is 11.8 Å². The van der Waals surface area contributed by atoms with Crippen LogP contribution in [0.25, 0.3) is 0 Å². The first-order valence-electron chi connectivity index (χ1n) is 10.4. The first kappa shape index (κ1) is 21.6. The maximum atomic E-state index is 13.2. The minimum Gasteiger partial charge on any atom is -0.373 e. The topological polar surface area (TPSA) is 98.1 Å². The van der Waals surface area contributed by atoms with Crippen LogP contribution in [0.2, 0.25) is 0 Å². The van der Waals surface area contributed by atoms with Crippen LogP contribution >= 0.6 is 0 Å². The summed E-state index contributed by atoms with van der Waals surface area (Å²) in [7, 11) is 0. The molecule has 8 nitrogen and oxygen atoms in total. The summed E-state index contributed by atoms with van der Waals surface area (Å²) in [4.78, 5) is 34.4. The molecule has 0 aliphatic carbocycles. The van der Waals surface area contributed by atoms with Crippen molar-refractivity contribution in [2.24, 2.45) is 0 Å². The van der Waals surface area contributed by atoms with Gasteiger partial charge in [0, 0.05) is 18.9 Å². The van der Waals surface area contributed by atoms with Gasteiger partial charge in [-0.05, 0) is 43.7 Å². The van der Waals surface area contributed by atoms with E-state index in [1.165, 1.54) is 12.1 Å². The molecule has 3 heterocycles. The Morgan fingerprint density at radius 3 is 2.47 bits per heavy atom. The van der Waals surface area contributed by atoms with E-state index < -0.39 is 6.04 Å². The van der Waals surface area contributed by atoms with Gasteiger partial charge >= 0.3 is 0 Å². The molecule has 32 heavy (non-hydrogen) atoms. The molecule has 2 N–H and O–H groups in total. The van der Waals surface area contributed by atoms with E-state index in [9.17, 15) is 14.0 Å². The lowest BCUT2D eigenvalue weighted by molar-refractivity contribution is 0.0774. The van der Waals surface area contributed by atoms with Crippen molar-refractivity contribution in [1.29, 1.82) is 0 Å². The molecule has 1 aromatic carbocycles. The van der Waals surface area contributed by atoms with Crippen molar-refractivity contribution in [3.63, 3.8) is 0 Å². The zero-order valence-electron chi connectivity index (χ0n) is 17.8. The molecule has 166 valence electrons. The zero-order chi connectivity index (χ0) is 22.7. The average Bonchev–Trinajstić information content (AvgIpc) is 3.20. The maximum Gasteiger partial charge on any atom is 0.268 e. The summed E-state index contributed by atoms with van der Waals surface area (Å²) in [6.45, 7) is 4.77. The fourth-order valence-corrected chi connectivity index (χ4v) is 3.69. The van der Waals surface area contributed by atoms with Crippen molar-refractivity contribution in [3.05, 3.63) is 82.9 Å². The molecule has 1 aliphatic rings. The molecule has 0 fully saturated rings. The molecule has 1 aliphatic heterocycles. The van der Waals surface area contributed by atoms with Crippen LogP contribution in [0.4, 0.5) is 4.39 Å². The smallest absolute Gasteiger partial charge is 0.268 e. The third kappa shape index (κ3) is 4.52. The number of amides is 2. The van der Waals surface area contributed by atoms with Crippen molar-refractivity contribution in [2.75, 3.05) is 6.61 Å². The molecule has 3 aromatic rings. The quantitative estimate of drug-likeness (QED) is 0.618. The predicted octanol–water partition coefficient (Wildman–Crippen LogP) is 2.93. The van der Waals surface area contributed by atoms with Crippen molar-refractivity contribution in [2.45, 2.75) is 39.1 Å². The van der Waals surface area contributed by atoms with Gasteiger partial charge in [-0.25, -0.2) is 14.4 Å². The highest BCUT2D eigenvalue weighted by atomic mass is 19.1. The number of ether oxygens (including phenoxy) is 1. The van der Waals surface area contributed by atoms with Gasteiger partial charge < -0.3 is 19.9 Å². The van der Waals surface area contributed by atoms with Crippen molar-refractivity contribution in [1.82, 2.24) is 25.2 Å². The Bertz CT molecular complexity index is 1110. The van der Waals surface area contributed by atoms with E-state index in [2.05, 4.69) is 20.6 Å². The molecule has 0 saturated heterocycles. The zero-order valence-corrected chi connectivity index (χ0v) is 17.8. The number of nitrogens with one attached hydrogen (secondary N) is 2. The molecule has 0 bridgehead atoms. The molecule has 0 saturated carbocycles. The van der Waals surface area contributed by atoms with E-state index in [-0.39, 0.29) is 30.3 Å². The molecule has 4 rings (SSSR count). The van der Waals surface area contributed by atoms with E-state index in [1.54, 1.807) is 43.6 Å². The number of hydrogen-bond acceptors (Lipinski definition) is 5. The summed E-state index contributed by atoms with van der Waals surface area (Å²) in [6, 6.07) is 8.53. The third-order valence-electron chi connectivity index (χ3n) is 5.42. The number of nitrogens with zero attached hydrogens (tertiary/aromatic N) is 3. The van der Waals surface area contributed by atoms with E-state index >= 15 is 0 Å². The highest BCUT2D eigenvalue weighted by Gasteiger charge is 2.27. The number of carbonyl (C=O) groups is 2. The molecule has 0 unspecified atom stereocenters. The van der Waals surface area contributed by atoms with Crippen LogP contribution in [0, 0.1) is 5.82 Å². The molecule has 9 heteroatoms. The Labute approximate surface area is 184 Å². The van der Waals surface area contributed by atoms with Crippen LogP contribution in [0.5, 0.6) is 0 Å². The van der Waals surface area contributed by atoms with Crippen LogP contribution in [0.3, 0.4) is 0 Å². The second-order valence-electron chi connectivity index (χ2n) is 7.64. The van der Waals surface area contributed by atoms with Crippen LogP contribution in [-0.4, -0.2) is 33.0 Å². The number of halogens is 1. The van der Waals surface area contributed by atoms with Crippen LogP contribution < -0.4 is 10.6 Å². The first-order valence-corrected chi connectivity index (χ1v) is 10.4. The van der Waals surface area contributed by atoms with E-state index in [1.807, 2.05) is 11.5 Å². The lowest BCUT2D eigenvalue weighted by atomic mass is 10.1. The van der Waals surface area contributed by atoms with Crippen molar-refractivity contribution in [3.8, 4) is 0 Å². The highest BCUT2D eigenvalue weighted by molar-refractivity contribution is 6.01. The van der Waals surface area contributed by atoms with Gasteiger partial charge in [0.1, 0.15) is 17.3 Å². The van der Waals surface area contributed by atoms with Gasteiger partial charge in [0.15, 0.2) is 0 Å². The van der Waals surface area contributed by atoms with Crippen LogP contribution in [0.15, 0.2) is 48.8 Å². The standard InChI is InChI=1S/C23H24FN5O3/c1-14(16-4-6-17(24)7-5-16)27-22(30)18-12-19(29-10-11-32-13-20(18)29)23(31)28-15(2)21-25-8-3-9-26-21/h3-9,12,14-15H,10-11,13H2,1-2H3,(H,27,30)(H,28,31)/t14-,15+/m1/s1. The van der Waals surface area contributed by atoms with E-state index in [0.29, 0.717) is 35.9 Å². The summed E-state index contributed by atoms with van der Waals surface area (Å²) in [5.74, 6) is -0.481. The second kappa shape index (κ2) is 9.27. The summed E-state index contributed by atoms with van der Waals surface area (Å²) >= 11 is 0. The van der Waals surface area contributed by atoms with Crippen molar-refractivity contribution >= 4 is 11.8 Å². The molecular formula is C23H24FN5O3. The summed E-state index contributed by atoms with van der Waals surface area (Å²) < 4.78 is 20.5. The maximum absolute atomic E-state index is 13.2. The lowest BCUT2D eigenvalue weighted by Crippen LogP contribution is -2.31.